The van der Waals surface area contributed by atoms with Gasteiger partial charge in [-0.25, -0.2) is 4.98 Å². The van der Waals surface area contributed by atoms with Gasteiger partial charge in [0.05, 0.1) is 17.3 Å². The van der Waals surface area contributed by atoms with Crippen LogP contribution in [-0.2, 0) is 12.7 Å². The van der Waals surface area contributed by atoms with Gasteiger partial charge in [0.25, 0.3) is 5.56 Å². The first kappa shape index (κ1) is 21.2. The van der Waals surface area contributed by atoms with E-state index in [4.69, 9.17) is 5.26 Å². The van der Waals surface area contributed by atoms with E-state index >= 15 is 0 Å². The third-order valence-electron chi connectivity index (χ3n) is 3.92. The Hall–Kier alpha value is -3.50. The minimum atomic E-state index is -5.91. The molecule has 0 atom stereocenters. The lowest BCUT2D eigenvalue weighted by Gasteiger charge is -2.19. The highest BCUT2D eigenvalue weighted by Gasteiger charge is 2.57. The molecule has 0 unspecified atom stereocenters. The van der Waals surface area contributed by atoms with Crippen molar-refractivity contribution in [1.29, 1.82) is 5.26 Å². The van der Waals surface area contributed by atoms with Crippen molar-refractivity contribution >= 4 is 5.65 Å². The van der Waals surface area contributed by atoms with Crippen LogP contribution in [0.1, 0.15) is 11.3 Å². The summed E-state index contributed by atoms with van der Waals surface area (Å²) in [4.78, 5) is 16.0. The predicted molar refractivity (Wildman–Crippen MR) is 83.4 cm³/mol. The minimum absolute atomic E-state index is 0.0724. The molecule has 6 nitrogen and oxygen atoms in total. The van der Waals surface area contributed by atoms with Crippen molar-refractivity contribution in [2.45, 2.75) is 24.8 Å². The number of rotatable bonds is 3. The first-order valence-electron chi connectivity index (χ1n) is 7.76. The number of alkyl halides is 8. The quantitative estimate of drug-likeness (QED) is 0.587. The molecule has 0 bridgehead atoms. The van der Waals surface area contributed by atoms with Gasteiger partial charge >= 0.3 is 18.3 Å². The normalized spacial score (nSPS) is 12.9. The molecule has 0 aliphatic heterocycles. The van der Waals surface area contributed by atoms with Crippen LogP contribution < -0.4 is 5.56 Å². The molecule has 0 aromatic carbocycles. The van der Waals surface area contributed by atoms with Crippen LogP contribution in [0.4, 0.5) is 35.1 Å². The summed E-state index contributed by atoms with van der Waals surface area (Å²) >= 11 is 0. The number of pyridine rings is 1. The van der Waals surface area contributed by atoms with Crippen LogP contribution in [0.2, 0.25) is 0 Å². The molecule has 0 aliphatic rings. The summed E-state index contributed by atoms with van der Waals surface area (Å²) in [5.74, 6) is -5.21. The lowest BCUT2D eigenvalue weighted by Crippen LogP contribution is -2.40. The number of hydrogen-bond donors (Lipinski definition) is 0. The zero-order chi connectivity index (χ0) is 22.5. The van der Waals surface area contributed by atoms with Gasteiger partial charge in [-0.1, -0.05) is 0 Å². The SMILES string of the molecule is N#Cc1ccc2nc(C(F)(F)F)c(-c3cnn(CC(F)(F)C(F)(F)F)c3)c(=O)n2c1. The lowest BCUT2D eigenvalue weighted by atomic mass is 10.1. The van der Waals surface area contributed by atoms with Crippen molar-refractivity contribution in [3.63, 3.8) is 0 Å². The van der Waals surface area contributed by atoms with Crippen LogP contribution in [0.5, 0.6) is 0 Å². The second kappa shape index (κ2) is 6.78. The molecule has 0 saturated heterocycles. The number of nitriles is 1. The standard InChI is InChI=1S/C16H7F8N5O/c17-14(18,16(22,23)24)7-28-6-9(4-26-28)11-12(15(19,20)21)27-10-2-1-8(3-25)5-29(10)13(11)30/h1-2,4-6H,7H2. The van der Waals surface area contributed by atoms with Gasteiger partial charge in [0.15, 0.2) is 5.69 Å². The molecule has 3 aromatic rings. The number of nitrogens with zero attached hydrogens (tertiary/aromatic N) is 5. The Kier molecular flexibility index (Phi) is 4.80. The molecule has 0 radical (unpaired) electrons. The average Bonchev–Trinajstić information content (AvgIpc) is 3.06. The third kappa shape index (κ3) is 3.70. The van der Waals surface area contributed by atoms with Crippen LogP contribution in [-0.4, -0.2) is 31.3 Å². The van der Waals surface area contributed by atoms with Crippen LogP contribution in [0.3, 0.4) is 0 Å². The lowest BCUT2D eigenvalue weighted by molar-refractivity contribution is -0.287. The number of fused-ring (bicyclic) bond motifs is 1. The highest BCUT2D eigenvalue weighted by Crippen LogP contribution is 2.37. The first-order chi connectivity index (χ1) is 13.7. The summed E-state index contributed by atoms with van der Waals surface area (Å²) in [7, 11) is 0. The molecule has 14 heteroatoms. The van der Waals surface area contributed by atoms with Gasteiger partial charge in [0.1, 0.15) is 18.3 Å². The second-order valence-corrected chi connectivity index (χ2v) is 6.02. The maximum Gasteiger partial charge on any atom is 0.455 e. The Morgan fingerprint density at radius 3 is 2.27 bits per heavy atom. The summed E-state index contributed by atoms with van der Waals surface area (Å²) in [5, 5.41) is 12.1. The summed E-state index contributed by atoms with van der Waals surface area (Å²) in [5.41, 5.74) is -5.32. The zero-order valence-corrected chi connectivity index (χ0v) is 14.3. The molecular weight excluding hydrogens is 430 g/mol. The molecule has 0 aliphatic carbocycles. The Bertz CT molecular complexity index is 1220. The van der Waals surface area contributed by atoms with E-state index in [2.05, 4.69) is 10.1 Å². The second-order valence-electron chi connectivity index (χ2n) is 6.02. The van der Waals surface area contributed by atoms with Crippen molar-refractivity contribution in [2.75, 3.05) is 0 Å². The maximum atomic E-state index is 13.5. The Morgan fingerprint density at radius 1 is 1.03 bits per heavy atom. The van der Waals surface area contributed by atoms with Gasteiger partial charge in [0.2, 0.25) is 0 Å². The summed E-state index contributed by atoms with van der Waals surface area (Å²) in [6.07, 6.45) is -9.16. The monoisotopic (exact) mass is 437 g/mol. The molecular formula is C16H7F8N5O. The molecule has 0 amide bonds. The van der Waals surface area contributed by atoms with E-state index in [0.29, 0.717) is 16.8 Å². The Balaban J connectivity index is 2.21. The van der Waals surface area contributed by atoms with Gasteiger partial charge in [-0.15, -0.1) is 0 Å². The summed E-state index contributed by atoms with van der Waals surface area (Å²) < 4.78 is 105. The van der Waals surface area contributed by atoms with Gasteiger partial charge in [0, 0.05) is 18.0 Å². The Labute approximate surface area is 160 Å². The zero-order valence-electron chi connectivity index (χ0n) is 14.3. The first-order valence-corrected chi connectivity index (χ1v) is 7.76. The van der Waals surface area contributed by atoms with Crippen molar-refractivity contribution < 1.29 is 35.1 Å². The Morgan fingerprint density at radius 2 is 1.70 bits per heavy atom. The van der Waals surface area contributed by atoms with E-state index in [0.717, 1.165) is 18.3 Å². The fraction of sp³-hybridized carbons (Fsp3) is 0.250. The molecule has 30 heavy (non-hydrogen) atoms. The molecule has 0 fully saturated rings. The van der Waals surface area contributed by atoms with E-state index in [-0.39, 0.29) is 10.2 Å². The molecule has 0 saturated carbocycles. The topological polar surface area (TPSA) is 76.0 Å². The molecule has 3 heterocycles. The van der Waals surface area contributed by atoms with Crippen LogP contribution in [0, 0.1) is 11.3 Å². The average molecular weight is 437 g/mol. The van der Waals surface area contributed by atoms with E-state index in [9.17, 15) is 39.9 Å². The smallest absolute Gasteiger partial charge is 0.268 e. The van der Waals surface area contributed by atoms with Gasteiger partial charge in [-0.05, 0) is 12.1 Å². The fourth-order valence-electron chi connectivity index (χ4n) is 2.54. The molecule has 0 N–H and O–H groups in total. The van der Waals surface area contributed by atoms with E-state index < -0.39 is 52.8 Å². The van der Waals surface area contributed by atoms with Gasteiger partial charge < -0.3 is 0 Å². The van der Waals surface area contributed by atoms with Crippen molar-refractivity contribution in [3.05, 3.63) is 52.3 Å². The molecule has 158 valence electrons. The summed E-state index contributed by atoms with van der Waals surface area (Å²) in [6.45, 7) is -2.00. The number of halogens is 8. The van der Waals surface area contributed by atoms with Crippen molar-refractivity contribution in [1.82, 2.24) is 19.2 Å². The minimum Gasteiger partial charge on any atom is -0.268 e. The van der Waals surface area contributed by atoms with Crippen molar-refractivity contribution in [2.24, 2.45) is 0 Å². The van der Waals surface area contributed by atoms with Crippen LogP contribution in [0.15, 0.2) is 35.5 Å². The van der Waals surface area contributed by atoms with E-state index in [1.165, 1.54) is 0 Å². The molecule has 3 rings (SSSR count). The maximum absolute atomic E-state index is 13.5. The fourth-order valence-corrected chi connectivity index (χ4v) is 2.54. The third-order valence-corrected chi connectivity index (χ3v) is 3.92. The number of aromatic nitrogens is 4. The largest absolute Gasteiger partial charge is 0.455 e. The van der Waals surface area contributed by atoms with Crippen LogP contribution in [0.25, 0.3) is 16.8 Å². The van der Waals surface area contributed by atoms with Crippen LogP contribution >= 0.6 is 0 Å². The highest BCUT2D eigenvalue weighted by molar-refractivity contribution is 5.66. The number of hydrogen-bond acceptors (Lipinski definition) is 4. The van der Waals surface area contributed by atoms with E-state index in [1.807, 2.05) is 0 Å². The highest BCUT2D eigenvalue weighted by atomic mass is 19.4. The van der Waals surface area contributed by atoms with Gasteiger partial charge in [-0.3, -0.25) is 13.9 Å². The molecule has 0 spiro atoms. The predicted octanol–water partition coefficient (Wildman–Crippen LogP) is 3.65. The molecule has 3 aromatic heterocycles. The van der Waals surface area contributed by atoms with E-state index in [1.54, 1.807) is 6.07 Å². The summed E-state index contributed by atoms with van der Waals surface area (Å²) in [6, 6.07) is 3.79. The van der Waals surface area contributed by atoms with Crippen molar-refractivity contribution in [3.8, 4) is 17.2 Å². The van der Waals surface area contributed by atoms with Gasteiger partial charge in [-0.2, -0.15) is 45.5 Å².